The van der Waals surface area contributed by atoms with Crippen molar-refractivity contribution in [3.8, 4) is 22.8 Å². The zero-order chi connectivity index (χ0) is 14.7. The molecule has 0 radical (unpaired) electrons. The van der Waals surface area contributed by atoms with Crippen LogP contribution in [0.1, 0.15) is 19.7 Å². The van der Waals surface area contributed by atoms with E-state index in [-0.39, 0.29) is 0 Å². The maximum Gasteiger partial charge on any atom is 0.196 e. The number of ether oxygens (including phenoxy) is 2. The molecule has 0 saturated carbocycles. The van der Waals surface area contributed by atoms with Gasteiger partial charge in [-0.05, 0) is 12.1 Å². The maximum atomic E-state index is 5.83. The first-order valence-corrected chi connectivity index (χ1v) is 7.31. The van der Waals surface area contributed by atoms with E-state index in [2.05, 4.69) is 24.1 Å². The van der Waals surface area contributed by atoms with Crippen molar-refractivity contribution in [2.45, 2.75) is 26.3 Å². The van der Waals surface area contributed by atoms with Gasteiger partial charge in [-0.15, -0.1) is 0 Å². The van der Waals surface area contributed by atoms with Gasteiger partial charge in [0.15, 0.2) is 23.1 Å². The molecule has 1 aromatic heterocycles. The Morgan fingerprint density at radius 3 is 2.95 bits per heavy atom. The Bertz CT molecular complexity index is 607. The molecule has 0 saturated heterocycles. The molecule has 1 aliphatic heterocycles. The van der Waals surface area contributed by atoms with Gasteiger partial charge in [0.1, 0.15) is 13.2 Å². The topological polar surface area (TPSA) is 56.5 Å². The van der Waals surface area contributed by atoms with E-state index in [9.17, 15) is 0 Å². The number of rotatable bonds is 5. The van der Waals surface area contributed by atoms with Crippen LogP contribution < -0.4 is 14.8 Å². The molecule has 3 rings (SSSR count). The number of fused-ring (bicyclic) bond motifs is 1. The zero-order valence-electron chi connectivity index (χ0n) is 12.4. The Kier molecular flexibility index (Phi) is 4.10. The smallest absolute Gasteiger partial charge is 0.196 e. The first-order valence-electron chi connectivity index (χ1n) is 7.31. The van der Waals surface area contributed by atoms with Crippen LogP contribution in [0.2, 0.25) is 0 Å². The SMILES string of the molecule is CC(C)NCCc1ncc(-c2cccc3c2OCCO3)o1. The average Bonchev–Trinajstić information content (AvgIpc) is 2.95. The van der Waals surface area contributed by atoms with Gasteiger partial charge in [0.05, 0.1) is 11.8 Å². The van der Waals surface area contributed by atoms with Gasteiger partial charge < -0.3 is 19.2 Å². The van der Waals surface area contributed by atoms with Gasteiger partial charge in [0, 0.05) is 19.0 Å². The third-order valence-electron chi connectivity index (χ3n) is 3.28. The van der Waals surface area contributed by atoms with E-state index < -0.39 is 0 Å². The van der Waals surface area contributed by atoms with E-state index >= 15 is 0 Å². The van der Waals surface area contributed by atoms with Gasteiger partial charge >= 0.3 is 0 Å². The lowest BCUT2D eigenvalue weighted by Gasteiger charge is -2.19. The molecule has 0 aliphatic carbocycles. The fraction of sp³-hybridized carbons (Fsp3) is 0.438. The molecule has 0 fully saturated rings. The molecule has 0 unspecified atom stereocenters. The van der Waals surface area contributed by atoms with Crippen molar-refractivity contribution in [3.05, 3.63) is 30.3 Å². The molecule has 112 valence electrons. The second-order valence-electron chi connectivity index (χ2n) is 5.31. The third kappa shape index (κ3) is 3.19. The Labute approximate surface area is 124 Å². The lowest BCUT2D eigenvalue weighted by Crippen LogP contribution is -2.24. The van der Waals surface area contributed by atoms with Crippen LogP contribution in [0.25, 0.3) is 11.3 Å². The summed E-state index contributed by atoms with van der Waals surface area (Å²) >= 11 is 0. The maximum absolute atomic E-state index is 5.83. The van der Waals surface area contributed by atoms with Crippen LogP contribution >= 0.6 is 0 Å². The van der Waals surface area contributed by atoms with Gasteiger partial charge in [-0.3, -0.25) is 0 Å². The number of aromatic nitrogens is 1. The molecule has 0 amide bonds. The Morgan fingerprint density at radius 1 is 1.24 bits per heavy atom. The molecular formula is C16H20N2O3. The molecule has 1 aromatic carbocycles. The summed E-state index contributed by atoms with van der Waals surface area (Å²) in [5, 5.41) is 3.35. The van der Waals surface area contributed by atoms with E-state index in [0.29, 0.717) is 19.3 Å². The van der Waals surface area contributed by atoms with Crippen molar-refractivity contribution in [2.75, 3.05) is 19.8 Å². The molecule has 21 heavy (non-hydrogen) atoms. The van der Waals surface area contributed by atoms with Crippen LogP contribution in [-0.2, 0) is 6.42 Å². The highest BCUT2D eigenvalue weighted by Crippen LogP contribution is 2.39. The number of para-hydroxylation sites is 1. The standard InChI is InChI=1S/C16H20N2O3/c1-11(2)17-7-6-15-18-10-14(21-15)12-4-3-5-13-16(12)20-9-8-19-13/h3-5,10-11,17H,6-9H2,1-2H3. The van der Waals surface area contributed by atoms with E-state index in [0.717, 1.165) is 41.7 Å². The molecule has 2 heterocycles. The largest absolute Gasteiger partial charge is 0.486 e. The predicted molar refractivity (Wildman–Crippen MR) is 79.8 cm³/mol. The van der Waals surface area contributed by atoms with Crippen LogP contribution in [0.15, 0.2) is 28.8 Å². The zero-order valence-corrected chi connectivity index (χ0v) is 12.4. The Hall–Kier alpha value is -2.01. The van der Waals surface area contributed by atoms with Gasteiger partial charge in [0.2, 0.25) is 0 Å². The molecule has 0 atom stereocenters. The number of nitrogens with zero attached hydrogens (tertiary/aromatic N) is 1. The fourth-order valence-corrected chi connectivity index (χ4v) is 2.29. The number of nitrogens with one attached hydrogen (secondary N) is 1. The lowest BCUT2D eigenvalue weighted by molar-refractivity contribution is 0.172. The first-order chi connectivity index (χ1) is 10.2. The summed E-state index contributed by atoms with van der Waals surface area (Å²) in [7, 11) is 0. The van der Waals surface area contributed by atoms with Crippen molar-refractivity contribution in [1.82, 2.24) is 10.3 Å². The number of hydrogen-bond donors (Lipinski definition) is 1. The predicted octanol–water partition coefficient (Wildman–Crippen LogP) is 2.65. The molecule has 0 bridgehead atoms. The van der Waals surface area contributed by atoms with Gasteiger partial charge in [0.25, 0.3) is 0 Å². The van der Waals surface area contributed by atoms with E-state index in [1.807, 2.05) is 18.2 Å². The molecule has 5 nitrogen and oxygen atoms in total. The highest BCUT2D eigenvalue weighted by atomic mass is 16.6. The second-order valence-corrected chi connectivity index (χ2v) is 5.31. The van der Waals surface area contributed by atoms with Crippen LogP contribution in [-0.4, -0.2) is 30.8 Å². The summed E-state index contributed by atoms with van der Waals surface area (Å²) in [6.45, 7) is 6.23. The van der Waals surface area contributed by atoms with Crippen LogP contribution in [0, 0.1) is 0 Å². The summed E-state index contributed by atoms with van der Waals surface area (Å²) in [5.74, 6) is 2.95. The minimum absolute atomic E-state index is 0.464. The lowest BCUT2D eigenvalue weighted by atomic mass is 10.1. The minimum atomic E-state index is 0.464. The van der Waals surface area contributed by atoms with Crippen molar-refractivity contribution in [1.29, 1.82) is 0 Å². The summed E-state index contributed by atoms with van der Waals surface area (Å²) < 4.78 is 17.1. The molecule has 2 aromatic rings. The molecular weight excluding hydrogens is 268 g/mol. The normalized spacial score (nSPS) is 13.7. The summed E-state index contributed by atoms with van der Waals surface area (Å²) in [4.78, 5) is 4.34. The average molecular weight is 288 g/mol. The number of benzene rings is 1. The van der Waals surface area contributed by atoms with Crippen LogP contribution in [0.4, 0.5) is 0 Å². The Balaban J connectivity index is 1.77. The molecule has 0 spiro atoms. The van der Waals surface area contributed by atoms with E-state index in [1.165, 1.54) is 0 Å². The summed E-state index contributed by atoms with van der Waals surface area (Å²) in [6.07, 6.45) is 2.52. The second kappa shape index (κ2) is 6.18. The summed E-state index contributed by atoms with van der Waals surface area (Å²) in [6, 6.07) is 6.27. The van der Waals surface area contributed by atoms with E-state index in [4.69, 9.17) is 13.9 Å². The van der Waals surface area contributed by atoms with Crippen LogP contribution in [0.3, 0.4) is 0 Å². The summed E-state index contributed by atoms with van der Waals surface area (Å²) in [5.41, 5.74) is 0.891. The Morgan fingerprint density at radius 2 is 2.10 bits per heavy atom. The quantitative estimate of drug-likeness (QED) is 0.916. The van der Waals surface area contributed by atoms with Crippen molar-refractivity contribution >= 4 is 0 Å². The third-order valence-corrected chi connectivity index (χ3v) is 3.28. The fourth-order valence-electron chi connectivity index (χ4n) is 2.29. The molecule has 1 aliphatic rings. The first kappa shape index (κ1) is 13.9. The van der Waals surface area contributed by atoms with E-state index in [1.54, 1.807) is 6.20 Å². The molecule has 5 heteroatoms. The highest BCUT2D eigenvalue weighted by Gasteiger charge is 2.19. The van der Waals surface area contributed by atoms with Crippen molar-refractivity contribution in [2.24, 2.45) is 0 Å². The number of oxazole rings is 1. The minimum Gasteiger partial charge on any atom is -0.486 e. The monoisotopic (exact) mass is 288 g/mol. The number of hydrogen-bond acceptors (Lipinski definition) is 5. The highest BCUT2D eigenvalue weighted by molar-refractivity contribution is 5.69. The van der Waals surface area contributed by atoms with Crippen molar-refractivity contribution in [3.63, 3.8) is 0 Å². The van der Waals surface area contributed by atoms with Gasteiger partial charge in [-0.1, -0.05) is 19.9 Å². The van der Waals surface area contributed by atoms with Crippen molar-refractivity contribution < 1.29 is 13.9 Å². The van der Waals surface area contributed by atoms with Crippen LogP contribution in [0.5, 0.6) is 11.5 Å². The van der Waals surface area contributed by atoms with Gasteiger partial charge in [-0.25, -0.2) is 4.98 Å². The molecule has 1 N–H and O–H groups in total. The van der Waals surface area contributed by atoms with Gasteiger partial charge in [-0.2, -0.15) is 0 Å².